The lowest BCUT2D eigenvalue weighted by atomic mass is 10.0. The van der Waals surface area contributed by atoms with Crippen molar-refractivity contribution in [2.24, 2.45) is 0 Å². The maximum Gasteiger partial charge on any atom is 0.0732 e. The molecule has 2 unspecified atom stereocenters. The molecule has 2 atom stereocenters. The number of thioether (sulfide) groups is 1. The van der Waals surface area contributed by atoms with Crippen LogP contribution in [0.15, 0.2) is 0 Å². The lowest BCUT2D eigenvalue weighted by Gasteiger charge is -2.26. The fourth-order valence-corrected chi connectivity index (χ4v) is 2.14. The summed E-state index contributed by atoms with van der Waals surface area (Å²) in [6, 6.07) is 0. The molecule has 0 radical (unpaired) electrons. The number of rotatable bonds is 6. The molecular formula is C10H22O2S. The number of hydrogen-bond acceptors (Lipinski definition) is 3. The molecule has 0 aliphatic heterocycles. The zero-order valence-electron chi connectivity index (χ0n) is 9.08. The van der Waals surface area contributed by atoms with Crippen LogP contribution in [0.2, 0.25) is 0 Å². The van der Waals surface area contributed by atoms with Crippen molar-refractivity contribution in [2.45, 2.75) is 57.5 Å². The molecule has 0 heterocycles. The first-order valence-corrected chi connectivity index (χ1v) is 6.02. The second kappa shape index (κ2) is 5.89. The van der Waals surface area contributed by atoms with Crippen LogP contribution in [-0.2, 0) is 0 Å². The van der Waals surface area contributed by atoms with Gasteiger partial charge in [0.25, 0.3) is 0 Å². The fourth-order valence-electron chi connectivity index (χ4n) is 0.880. The van der Waals surface area contributed by atoms with Gasteiger partial charge in [0, 0.05) is 11.0 Å². The second-order valence-corrected chi connectivity index (χ2v) is 5.05. The Balaban J connectivity index is 3.85. The van der Waals surface area contributed by atoms with Crippen LogP contribution in [0.5, 0.6) is 0 Å². The molecular weight excluding hydrogens is 184 g/mol. The van der Waals surface area contributed by atoms with E-state index in [0.29, 0.717) is 5.75 Å². The Morgan fingerprint density at radius 1 is 1.23 bits per heavy atom. The van der Waals surface area contributed by atoms with Gasteiger partial charge in [-0.25, -0.2) is 0 Å². The quantitative estimate of drug-likeness (QED) is 0.698. The van der Waals surface area contributed by atoms with Gasteiger partial charge in [0.15, 0.2) is 0 Å². The Kier molecular flexibility index (Phi) is 6.01. The fraction of sp³-hybridized carbons (Fsp3) is 1.00. The van der Waals surface area contributed by atoms with Crippen molar-refractivity contribution in [3.8, 4) is 0 Å². The molecule has 80 valence electrons. The third-order valence-electron chi connectivity index (χ3n) is 2.61. The van der Waals surface area contributed by atoms with E-state index in [4.69, 9.17) is 0 Å². The Labute approximate surface area is 85.7 Å². The third kappa shape index (κ3) is 4.89. The Hall–Kier alpha value is 0.270. The third-order valence-corrected chi connectivity index (χ3v) is 4.23. The van der Waals surface area contributed by atoms with Crippen LogP contribution < -0.4 is 0 Å². The highest BCUT2D eigenvalue weighted by molar-refractivity contribution is 8.00. The second-order valence-electron chi connectivity index (χ2n) is 3.69. The van der Waals surface area contributed by atoms with Crippen LogP contribution in [0, 0.1) is 0 Å². The minimum absolute atomic E-state index is 0.199. The predicted octanol–water partition coefficient (Wildman–Crippen LogP) is 2.04. The van der Waals surface area contributed by atoms with Gasteiger partial charge in [-0.1, -0.05) is 20.8 Å². The van der Waals surface area contributed by atoms with E-state index in [-0.39, 0.29) is 11.4 Å². The van der Waals surface area contributed by atoms with Gasteiger partial charge >= 0.3 is 0 Å². The van der Waals surface area contributed by atoms with E-state index in [1.165, 1.54) is 0 Å². The molecule has 2 N–H and O–H groups in total. The van der Waals surface area contributed by atoms with E-state index in [1.807, 2.05) is 20.8 Å². The molecule has 0 rings (SSSR count). The predicted molar refractivity (Wildman–Crippen MR) is 59.1 cm³/mol. The lowest BCUT2D eigenvalue weighted by Crippen LogP contribution is -2.31. The van der Waals surface area contributed by atoms with Gasteiger partial charge in [-0.3, -0.25) is 0 Å². The summed E-state index contributed by atoms with van der Waals surface area (Å²) in [5.41, 5.74) is -0.548. The summed E-state index contributed by atoms with van der Waals surface area (Å²) in [5.74, 6) is 0.714. The highest BCUT2D eigenvalue weighted by atomic mass is 32.2. The lowest BCUT2D eigenvalue weighted by molar-refractivity contribution is 0.0569. The topological polar surface area (TPSA) is 40.5 Å². The van der Waals surface area contributed by atoms with Crippen LogP contribution >= 0.6 is 11.8 Å². The Bertz CT molecular complexity index is 133. The van der Waals surface area contributed by atoms with Gasteiger partial charge in [-0.2, -0.15) is 11.8 Å². The van der Waals surface area contributed by atoms with Crippen molar-refractivity contribution in [1.29, 1.82) is 0 Å². The molecule has 0 amide bonds. The molecule has 0 aromatic carbocycles. The Morgan fingerprint density at radius 3 is 2.00 bits per heavy atom. The number of hydrogen-bond donors (Lipinski definition) is 2. The normalized spacial score (nSPS) is 17.1. The van der Waals surface area contributed by atoms with E-state index in [9.17, 15) is 10.2 Å². The maximum absolute atomic E-state index is 9.96. The van der Waals surface area contributed by atoms with Crippen LogP contribution in [0.25, 0.3) is 0 Å². The summed E-state index contributed by atoms with van der Waals surface area (Å²) in [5, 5.41) is 19.4. The highest BCUT2D eigenvalue weighted by Gasteiger charge is 2.23. The van der Waals surface area contributed by atoms with Crippen molar-refractivity contribution in [3.05, 3.63) is 0 Å². The molecule has 0 aliphatic rings. The zero-order chi connectivity index (χ0) is 10.5. The van der Waals surface area contributed by atoms with Gasteiger partial charge in [0.05, 0.1) is 11.7 Å². The Morgan fingerprint density at radius 2 is 1.69 bits per heavy atom. The van der Waals surface area contributed by atoms with Gasteiger partial charge < -0.3 is 10.2 Å². The van der Waals surface area contributed by atoms with Crippen molar-refractivity contribution in [2.75, 3.05) is 5.75 Å². The smallest absolute Gasteiger partial charge is 0.0732 e. The van der Waals surface area contributed by atoms with Crippen molar-refractivity contribution in [3.63, 3.8) is 0 Å². The van der Waals surface area contributed by atoms with E-state index < -0.39 is 5.60 Å². The van der Waals surface area contributed by atoms with E-state index in [0.717, 1.165) is 12.8 Å². The van der Waals surface area contributed by atoms with E-state index in [1.54, 1.807) is 18.7 Å². The molecule has 0 saturated heterocycles. The summed E-state index contributed by atoms with van der Waals surface area (Å²) in [6.07, 6.45) is 1.26. The van der Waals surface area contributed by atoms with Crippen LogP contribution in [0.4, 0.5) is 0 Å². The van der Waals surface area contributed by atoms with Gasteiger partial charge in [-0.15, -0.1) is 0 Å². The van der Waals surface area contributed by atoms with E-state index >= 15 is 0 Å². The molecule has 3 heteroatoms. The summed E-state index contributed by atoms with van der Waals surface area (Å²) in [7, 11) is 0. The molecule has 13 heavy (non-hydrogen) atoms. The zero-order valence-corrected chi connectivity index (χ0v) is 9.90. The number of aliphatic hydroxyl groups is 2. The summed E-state index contributed by atoms with van der Waals surface area (Å²) < 4.78 is 0. The van der Waals surface area contributed by atoms with Crippen molar-refractivity contribution < 1.29 is 10.2 Å². The van der Waals surface area contributed by atoms with Gasteiger partial charge in [-0.05, 0) is 19.8 Å². The average Bonchev–Trinajstić information content (AvgIpc) is 2.13. The number of aliphatic hydroxyl groups excluding tert-OH is 1. The molecule has 0 aromatic rings. The molecule has 0 aromatic heterocycles. The first-order valence-electron chi connectivity index (χ1n) is 4.97. The van der Waals surface area contributed by atoms with Crippen molar-refractivity contribution >= 4 is 11.8 Å². The minimum Gasteiger partial charge on any atom is -0.392 e. The average molecular weight is 206 g/mol. The molecule has 0 bridgehead atoms. The van der Waals surface area contributed by atoms with Crippen molar-refractivity contribution in [1.82, 2.24) is 0 Å². The minimum atomic E-state index is -0.548. The van der Waals surface area contributed by atoms with Crippen LogP contribution in [-0.4, -0.2) is 32.9 Å². The standard InChI is InChI=1S/C10H22O2S/c1-5-10(12,6-2)7-13-9(4)8(3)11/h8-9,11-12H,5-7H2,1-4H3. The summed E-state index contributed by atoms with van der Waals surface area (Å²) in [4.78, 5) is 0. The van der Waals surface area contributed by atoms with Crippen LogP contribution in [0.3, 0.4) is 0 Å². The first kappa shape index (κ1) is 13.3. The molecule has 0 aliphatic carbocycles. The van der Waals surface area contributed by atoms with E-state index in [2.05, 4.69) is 0 Å². The first-order chi connectivity index (χ1) is 5.95. The van der Waals surface area contributed by atoms with Crippen LogP contribution in [0.1, 0.15) is 40.5 Å². The molecule has 0 saturated carbocycles. The molecule has 0 spiro atoms. The maximum atomic E-state index is 9.96. The molecule has 0 fully saturated rings. The SMILES string of the molecule is CCC(O)(CC)CSC(C)C(C)O. The summed E-state index contributed by atoms with van der Waals surface area (Å²) >= 11 is 1.64. The van der Waals surface area contributed by atoms with Gasteiger partial charge in [0.1, 0.15) is 0 Å². The molecule has 2 nitrogen and oxygen atoms in total. The summed E-state index contributed by atoms with van der Waals surface area (Å²) in [6.45, 7) is 7.77. The van der Waals surface area contributed by atoms with Gasteiger partial charge in [0.2, 0.25) is 0 Å². The monoisotopic (exact) mass is 206 g/mol. The largest absolute Gasteiger partial charge is 0.392 e. The highest BCUT2D eigenvalue weighted by Crippen LogP contribution is 2.24.